The summed E-state index contributed by atoms with van der Waals surface area (Å²) in [5.74, 6) is 0. The second-order valence-corrected chi connectivity index (χ2v) is 11.7. The van der Waals surface area contributed by atoms with E-state index >= 15 is 0 Å². The number of nitrogens with zero attached hydrogens (tertiary/aromatic N) is 2. The van der Waals surface area contributed by atoms with Crippen LogP contribution in [-0.4, -0.2) is 6.71 Å². The molecule has 0 N–H and O–H groups in total. The third kappa shape index (κ3) is 3.43. The van der Waals surface area contributed by atoms with Crippen LogP contribution in [0.3, 0.4) is 0 Å². The summed E-state index contributed by atoms with van der Waals surface area (Å²) in [6.45, 7) is -0.208. The van der Waals surface area contributed by atoms with Gasteiger partial charge in [-0.15, -0.1) is 0 Å². The van der Waals surface area contributed by atoms with Crippen molar-refractivity contribution >= 4 is 79.6 Å². The standard InChI is InChI=1S/C40H25BN2O2/c1-3-12-26(13-4-1)27-22-24-29(25-23-27)43-33-19-11-18-32-36(33)41(40-38(43)31-17-8-10-21-35(31)45-40)39-37(30-16-7-9-20-34(30)44-39)42(32)28-14-5-2-6-15-28/h1-25H. The van der Waals surface area contributed by atoms with Crippen molar-refractivity contribution in [3.63, 3.8) is 0 Å². The molecule has 5 heteroatoms. The molecule has 0 atom stereocenters. The molecule has 0 spiro atoms. The van der Waals surface area contributed by atoms with Gasteiger partial charge in [-0.1, -0.05) is 91.0 Å². The number of benzene rings is 6. The molecule has 0 unspecified atom stereocenters. The molecule has 0 fully saturated rings. The molecule has 8 aromatic rings. The number of para-hydroxylation sites is 3. The van der Waals surface area contributed by atoms with E-state index in [0.29, 0.717) is 0 Å². The van der Waals surface area contributed by atoms with Crippen LogP contribution in [0.4, 0.5) is 34.1 Å². The fourth-order valence-electron chi connectivity index (χ4n) is 7.35. The maximum absolute atomic E-state index is 6.86. The van der Waals surface area contributed by atoms with Gasteiger partial charge in [0.1, 0.15) is 22.5 Å². The lowest BCUT2D eigenvalue weighted by molar-refractivity contribution is 0.637. The Kier molecular flexibility index (Phi) is 5.05. The highest BCUT2D eigenvalue weighted by Gasteiger charge is 2.49. The summed E-state index contributed by atoms with van der Waals surface area (Å²) >= 11 is 0. The van der Waals surface area contributed by atoms with E-state index in [0.717, 1.165) is 67.4 Å². The van der Waals surface area contributed by atoms with Crippen LogP contribution < -0.4 is 26.6 Å². The highest BCUT2D eigenvalue weighted by molar-refractivity contribution is 6.99. The first-order valence-corrected chi connectivity index (χ1v) is 15.3. The Bertz CT molecular complexity index is 2390. The summed E-state index contributed by atoms with van der Waals surface area (Å²) in [5.41, 5.74) is 13.6. The second-order valence-electron chi connectivity index (χ2n) is 11.7. The Morgan fingerprint density at radius 3 is 1.44 bits per heavy atom. The lowest BCUT2D eigenvalue weighted by Crippen LogP contribution is -2.60. The van der Waals surface area contributed by atoms with E-state index in [4.69, 9.17) is 8.83 Å². The molecule has 45 heavy (non-hydrogen) atoms. The van der Waals surface area contributed by atoms with Gasteiger partial charge in [0.2, 0.25) is 0 Å². The molecule has 0 aliphatic carbocycles. The van der Waals surface area contributed by atoms with Gasteiger partial charge in [-0.2, -0.15) is 0 Å². The first kappa shape index (κ1) is 24.5. The number of rotatable bonds is 3. The first-order chi connectivity index (χ1) is 22.3. The maximum atomic E-state index is 6.86. The summed E-state index contributed by atoms with van der Waals surface area (Å²) in [5, 5.41) is 2.17. The van der Waals surface area contributed by atoms with Crippen LogP contribution in [0.5, 0.6) is 0 Å². The molecular formula is C40H25BN2O2. The minimum Gasteiger partial charge on any atom is -0.468 e. The lowest BCUT2D eigenvalue weighted by atomic mass is 9.37. The van der Waals surface area contributed by atoms with E-state index in [1.807, 2.05) is 12.1 Å². The van der Waals surface area contributed by atoms with Gasteiger partial charge < -0.3 is 18.6 Å². The monoisotopic (exact) mass is 576 g/mol. The normalized spacial score (nSPS) is 13.2. The van der Waals surface area contributed by atoms with Crippen molar-refractivity contribution in [2.45, 2.75) is 0 Å². The molecule has 0 radical (unpaired) electrons. The Hall–Kier alpha value is -5.94. The minimum atomic E-state index is -0.208. The molecule has 0 saturated heterocycles. The number of fused-ring (bicyclic) bond motifs is 8. The van der Waals surface area contributed by atoms with E-state index in [-0.39, 0.29) is 6.71 Å². The van der Waals surface area contributed by atoms with E-state index < -0.39 is 0 Å². The van der Waals surface area contributed by atoms with Crippen molar-refractivity contribution in [1.82, 2.24) is 0 Å². The molecule has 0 saturated carbocycles. The predicted molar refractivity (Wildman–Crippen MR) is 185 cm³/mol. The number of anilines is 6. The fraction of sp³-hybridized carbons (Fsp3) is 0. The summed E-state index contributed by atoms with van der Waals surface area (Å²) in [6, 6.07) is 53.3. The molecule has 6 aromatic carbocycles. The predicted octanol–water partition coefficient (Wildman–Crippen LogP) is 8.93. The molecule has 4 heterocycles. The van der Waals surface area contributed by atoms with Crippen LogP contribution in [0.25, 0.3) is 33.1 Å². The second kappa shape index (κ2) is 9.28. The van der Waals surface area contributed by atoms with Gasteiger partial charge in [0.15, 0.2) is 0 Å². The fourth-order valence-corrected chi connectivity index (χ4v) is 7.35. The van der Waals surface area contributed by atoms with Crippen LogP contribution in [0.2, 0.25) is 0 Å². The molecule has 2 aliphatic heterocycles. The topological polar surface area (TPSA) is 32.8 Å². The SMILES string of the molecule is c1ccc(-c2ccc(N3c4cccc5c4B(c4oc6ccccc6c4N5c4ccccc4)c4oc5ccccc5c43)cc2)cc1. The first-order valence-electron chi connectivity index (χ1n) is 15.3. The quantitative estimate of drug-likeness (QED) is 0.197. The molecule has 2 aromatic heterocycles. The Morgan fingerprint density at radius 1 is 0.400 bits per heavy atom. The van der Waals surface area contributed by atoms with Crippen LogP contribution in [0.15, 0.2) is 160 Å². The van der Waals surface area contributed by atoms with E-state index in [9.17, 15) is 0 Å². The van der Waals surface area contributed by atoms with E-state index in [2.05, 4.69) is 149 Å². The molecule has 2 aliphatic rings. The van der Waals surface area contributed by atoms with Gasteiger partial charge in [0, 0.05) is 33.5 Å². The van der Waals surface area contributed by atoms with Crippen molar-refractivity contribution in [1.29, 1.82) is 0 Å². The molecule has 10 rings (SSSR count). The highest BCUT2D eigenvalue weighted by Crippen LogP contribution is 2.48. The zero-order chi connectivity index (χ0) is 29.5. The van der Waals surface area contributed by atoms with Crippen molar-refractivity contribution in [3.8, 4) is 11.1 Å². The summed E-state index contributed by atoms with van der Waals surface area (Å²) in [6.07, 6.45) is 0. The third-order valence-corrected chi connectivity index (χ3v) is 9.24. The maximum Gasteiger partial charge on any atom is 0.342 e. The van der Waals surface area contributed by atoms with Gasteiger partial charge in [0.25, 0.3) is 0 Å². The van der Waals surface area contributed by atoms with Crippen LogP contribution in [0, 0.1) is 0 Å². The van der Waals surface area contributed by atoms with Gasteiger partial charge in [-0.05, 0) is 77.3 Å². The Morgan fingerprint density at radius 2 is 0.867 bits per heavy atom. The molecule has 0 bridgehead atoms. The Balaban J connectivity index is 1.28. The van der Waals surface area contributed by atoms with Crippen LogP contribution in [-0.2, 0) is 0 Å². The van der Waals surface area contributed by atoms with Gasteiger partial charge in [-0.25, -0.2) is 0 Å². The molecule has 4 nitrogen and oxygen atoms in total. The average molecular weight is 576 g/mol. The number of hydrogen-bond donors (Lipinski definition) is 0. The summed E-state index contributed by atoms with van der Waals surface area (Å²) in [7, 11) is 0. The zero-order valence-electron chi connectivity index (χ0n) is 24.2. The smallest absolute Gasteiger partial charge is 0.342 e. The van der Waals surface area contributed by atoms with Gasteiger partial charge in [0.05, 0.1) is 11.4 Å². The highest BCUT2D eigenvalue weighted by atomic mass is 16.3. The third-order valence-electron chi connectivity index (χ3n) is 9.24. The average Bonchev–Trinajstić information content (AvgIpc) is 3.68. The summed E-state index contributed by atoms with van der Waals surface area (Å²) < 4.78 is 13.7. The van der Waals surface area contributed by atoms with E-state index in [1.54, 1.807) is 0 Å². The van der Waals surface area contributed by atoms with Crippen molar-refractivity contribution in [3.05, 3.63) is 152 Å². The van der Waals surface area contributed by atoms with Crippen molar-refractivity contribution < 1.29 is 8.83 Å². The van der Waals surface area contributed by atoms with E-state index in [1.165, 1.54) is 16.6 Å². The van der Waals surface area contributed by atoms with Gasteiger partial charge >= 0.3 is 6.71 Å². The van der Waals surface area contributed by atoms with Crippen molar-refractivity contribution in [2.75, 3.05) is 9.80 Å². The largest absolute Gasteiger partial charge is 0.468 e. The van der Waals surface area contributed by atoms with Crippen LogP contribution in [0.1, 0.15) is 0 Å². The van der Waals surface area contributed by atoms with Crippen LogP contribution >= 0.6 is 0 Å². The molecule has 0 amide bonds. The van der Waals surface area contributed by atoms with Crippen molar-refractivity contribution in [2.24, 2.45) is 0 Å². The molecular weight excluding hydrogens is 551 g/mol. The summed E-state index contributed by atoms with van der Waals surface area (Å²) in [4.78, 5) is 4.74. The number of hydrogen-bond acceptors (Lipinski definition) is 4. The number of furan rings is 2. The molecule has 210 valence electrons. The van der Waals surface area contributed by atoms with Gasteiger partial charge in [-0.3, -0.25) is 0 Å². The lowest BCUT2D eigenvalue weighted by Gasteiger charge is -2.40. The minimum absolute atomic E-state index is 0.208. The Labute approximate surface area is 260 Å². The zero-order valence-corrected chi connectivity index (χ0v) is 24.2.